The molecule has 0 saturated carbocycles. The molecule has 8 atom stereocenters. The number of likely N-dealkylation sites (N-methyl/N-ethyl adjacent to an activating group) is 1. The summed E-state index contributed by atoms with van der Waals surface area (Å²) in [5.74, 6) is -0.301. The summed E-state index contributed by atoms with van der Waals surface area (Å²) in [6.07, 6.45) is 4.60. The zero-order chi connectivity index (χ0) is 35.0. The minimum absolute atomic E-state index is 0.0204. The largest absolute Gasteiger partial charge is 0.340 e. The maximum absolute atomic E-state index is 12.9. The van der Waals surface area contributed by atoms with Crippen molar-refractivity contribution in [3.05, 3.63) is 29.8 Å². The molecule has 6 heterocycles. The van der Waals surface area contributed by atoms with Gasteiger partial charge in [-0.15, -0.1) is 0 Å². The van der Waals surface area contributed by atoms with Crippen molar-refractivity contribution < 1.29 is 19.2 Å². The number of hydrogen-bond acceptors (Lipinski definition) is 11. The second kappa shape index (κ2) is 14.1. The van der Waals surface area contributed by atoms with E-state index in [1.165, 1.54) is 0 Å². The predicted molar refractivity (Wildman–Crippen MR) is 176 cm³/mol. The molecule has 7 rings (SSSR count). The molecule has 6 fully saturated rings. The van der Waals surface area contributed by atoms with Gasteiger partial charge in [0.15, 0.2) is 0 Å². The van der Waals surface area contributed by atoms with Gasteiger partial charge < -0.3 is 31.1 Å². The van der Waals surface area contributed by atoms with Gasteiger partial charge in [-0.05, 0) is 50.7 Å². The zero-order valence-corrected chi connectivity index (χ0v) is 27.7. The van der Waals surface area contributed by atoms with Crippen molar-refractivity contribution in [2.75, 3.05) is 51.2 Å². The molecule has 0 aromatic heterocycles. The van der Waals surface area contributed by atoms with E-state index in [1.54, 1.807) is 37.8 Å². The Labute approximate surface area is 286 Å². The summed E-state index contributed by atoms with van der Waals surface area (Å²) in [4.78, 5) is 60.6. The molecule has 15 nitrogen and oxygen atoms in total. The van der Waals surface area contributed by atoms with Crippen LogP contribution in [-0.2, 0) is 19.2 Å². The third kappa shape index (κ3) is 6.33. The number of fused-ring (bicyclic) bond motifs is 4. The summed E-state index contributed by atoms with van der Waals surface area (Å²) in [5, 5.41) is 27.6. The van der Waals surface area contributed by atoms with Crippen molar-refractivity contribution in [3.63, 3.8) is 0 Å². The van der Waals surface area contributed by atoms with Gasteiger partial charge in [0.05, 0.1) is 53.6 Å². The van der Waals surface area contributed by atoms with Gasteiger partial charge in [-0.2, -0.15) is 15.8 Å². The van der Waals surface area contributed by atoms with Gasteiger partial charge in [-0.3, -0.25) is 29.0 Å². The van der Waals surface area contributed by atoms with Crippen LogP contribution in [0.15, 0.2) is 24.3 Å². The number of carbonyl (C=O) groups is 4. The first kappa shape index (κ1) is 34.3. The summed E-state index contributed by atoms with van der Waals surface area (Å²) in [6.45, 7) is 3.28. The molecule has 1 aromatic rings. The molecule has 49 heavy (non-hydrogen) atoms. The average Bonchev–Trinajstić information content (AvgIpc) is 3.96. The molecule has 4 N–H and O–H groups in total. The Hall–Kier alpha value is -4.59. The molecular weight excluding hydrogens is 626 g/mol. The number of anilines is 1. The lowest BCUT2D eigenvalue weighted by Crippen LogP contribution is -2.56. The summed E-state index contributed by atoms with van der Waals surface area (Å²) in [5.41, 5.74) is 13.3. The van der Waals surface area contributed by atoms with E-state index >= 15 is 0 Å². The fraction of sp³-hybridized carbons (Fsp3) is 0.618. The highest BCUT2D eigenvalue weighted by atomic mass is 16.2. The summed E-state index contributed by atoms with van der Waals surface area (Å²) in [7, 11) is 1.83. The van der Waals surface area contributed by atoms with Gasteiger partial charge >= 0.3 is 0 Å². The fourth-order valence-corrected chi connectivity index (χ4v) is 8.41. The number of amides is 4. The van der Waals surface area contributed by atoms with Crippen LogP contribution >= 0.6 is 0 Å². The van der Waals surface area contributed by atoms with Crippen LogP contribution in [0, 0.1) is 34.0 Å². The molecule has 6 saturated heterocycles. The molecular formula is C34H43N11O4. The van der Waals surface area contributed by atoms with Crippen LogP contribution in [0.2, 0.25) is 0 Å². The first-order valence-corrected chi connectivity index (χ1v) is 17.1. The Morgan fingerprint density at radius 1 is 0.816 bits per heavy atom. The molecule has 4 amide bonds. The SMILES string of the molecule is CN1C(=O)[C@@H]2CC1CN2C[C@H](N)C(=O)N1CCC[C@H]1C#N.N#Cc1ccccc1N1C(=O)[C@@H]2CC1CN2C[C@H](N)C(=O)N1CCC[C@H]1C#N. The van der Waals surface area contributed by atoms with Crippen LogP contribution in [0.3, 0.4) is 0 Å². The van der Waals surface area contributed by atoms with Crippen molar-refractivity contribution in [2.24, 2.45) is 11.5 Å². The highest BCUT2D eigenvalue weighted by Gasteiger charge is 2.51. The number of nitriles is 3. The van der Waals surface area contributed by atoms with Crippen molar-refractivity contribution in [2.45, 2.75) is 86.9 Å². The van der Waals surface area contributed by atoms with Crippen LogP contribution in [-0.4, -0.2) is 143 Å². The summed E-state index contributed by atoms with van der Waals surface area (Å²) < 4.78 is 0. The minimum atomic E-state index is -0.749. The number of nitrogens with zero attached hydrogens (tertiary/aromatic N) is 9. The maximum Gasteiger partial charge on any atom is 0.244 e. The van der Waals surface area contributed by atoms with Gasteiger partial charge in [0.25, 0.3) is 0 Å². The number of carbonyl (C=O) groups excluding carboxylic acids is 4. The van der Waals surface area contributed by atoms with E-state index in [0.29, 0.717) is 56.8 Å². The van der Waals surface area contributed by atoms with Crippen LogP contribution in [0.4, 0.5) is 5.69 Å². The minimum Gasteiger partial charge on any atom is -0.340 e. The van der Waals surface area contributed by atoms with Gasteiger partial charge in [-0.25, -0.2) is 0 Å². The van der Waals surface area contributed by atoms with E-state index in [2.05, 4.69) is 18.2 Å². The van der Waals surface area contributed by atoms with E-state index < -0.39 is 18.1 Å². The van der Waals surface area contributed by atoms with E-state index in [4.69, 9.17) is 16.7 Å². The molecule has 15 heteroatoms. The van der Waals surface area contributed by atoms with Crippen LogP contribution in [0.25, 0.3) is 0 Å². The van der Waals surface area contributed by atoms with E-state index in [9.17, 15) is 29.7 Å². The predicted octanol–water partition coefficient (Wildman–Crippen LogP) is -1.07. The lowest BCUT2D eigenvalue weighted by Gasteiger charge is -2.35. The van der Waals surface area contributed by atoms with Crippen molar-refractivity contribution in [1.29, 1.82) is 15.8 Å². The van der Waals surface area contributed by atoms with Gasteiger partial charge in [0.1, 0.15) is 18.2 Å². The molecule has 258 valence electrons. The van der Waals surface area contributed by atoms with Gasteiger partial charge in [0, 0.05) is 52.4 Å². The normalized spacial score (nSPS) is 30.2. The molecule has 1 aromatic carbocycles. The van der Waals surface area contributed by atoms with Crippen molar-refractivity contribution in [3.8, 4) is 18.2 Å². The van der Waals surface area contributed by atoms with E-state index in [1.807, 2.05) is 22.9 Å². The average molecular weight is 670 g/mol. The number of piperazine rings is 2. The number of rotatable bonds is 7. The Bertz CT molecular complexity index is 1620. The number of benzene rings is 1. The highest BCUT2D eigenvalue weighted by molar-refractivity contribution is 6.02. The fourth-order valence-electron chi connectivity index (χ4n) is 8.41. The molecule has 6 aliphatic heterocycles. The lowest BCUT2D eigenvalue weighted by atomic mass is 10.1. The first-order chi connectivity index (χ1) is 23.6. The number of para-hydroxylation sites is 1. The summed E-state index contributed by atoms with van der Waals surface area (Å²) in [6, 6.07) is 11.2. The standard InChI is InChI=1S/C20H22N6O2.C14H21N5O2/c21-9-13-4-1-2-6-17(13)26-15-8-18(20(26)28)24(11-15)12-16(23)19(27)25-7-3-5-14(25)10-22;1-17-10-5-12(14(17)21)18(7-10)8-11(16)13(20)19-4-2-3-9(19)6-15/h1-2,4,6,14-16,18H,3,5,7-8,11-12,23H2;9-12H,2-5,7-8,16H2,1H3/t14-,15?,16-,18-;9-,10?,11-,12-/m00/s1. The van der Waals surface area contributed by atoms with E-state index in [0.717, 1.165) is 32.2 Å². The maximum atomic E-state index is 12.9. The first-order valence-electron chi connectivity index (χ1n) is 17.1. The molecule has 0 aliphatic carbocycles. The van der Waals surface area contributed by atoms with Crippen LogP contribution in [0.1, 0.15) is 44.1 Å². The quantitative estimate of drug-likeness (QED) is 0.357. The second-order valence-corrected chi connectivity index (χ2v) is 13.9. The summed E-state index contributed by atoms with van der Waals surface area (Å²) >= 11 is 0. The molecule has 6 aliphatic rings. The third-order valence-electron chi connectivity index (χ3n) is 11.0. The number of nitrogens with two attached hydrogens (primary N) is 2. The van der Waals surface area contributed by atoms with Crippen molar-refractivity contribution in [1.82, 2.24) is 24.5 Å². The topological polar surface area (TPSA) is 211 Å². The van der Waals surface area contributed by atoms with Crippen LogP contribution in [0.5, 0.6) is 0 Å². The molecule has 2 unspecified atom stereocenters. The number of hydrogen-bond donors (Lipinski definition) is 2. The zero-order valence-electron chi connectivity index (χ0n) is 27.7. The second-order valence-electron chi connectivity index (χ2n) is 13.9. The Balaban J connectivity index is 0.000000177. The Morgan fingerprint density at radius 2 is 1.33 bits per heavy atom. The lowest BCUT2D eigenvalue weighted by molar-refractivity contribution is -0.138. The Kier molecular flexibility index (Phi) is 9.87. The van der Waals surface area contributed by atoms with Gasteiger partial charge in [0.2, 0.25) is 23.6 Å². The molecule has 4 bridgehead atoms. The third-order valence-corrected chi connectivity index (χ3v) is 11.0. The molecule has 0 spiro atoms. The monoisotopic (exact) mass is 669 g/mol. The smallest absolute Gasteiger partial charge is 0.244 e. The van der Waals surface area contributed by atoms with Gasteiger partial charge in [-0.1, -0.05) is 12.1 Å². The Morgan fingerprint density at radius 3 is 1.82 bits per heavy atom. The number of likely N-dealkylation sites (tertiary alicyclic amines) is 5. The highest BCUT2D eigenvalue weighted by Crippen LogP contribution is 2.37. The van der Waals surface area contributed by atoms with Crippen LogP contribution < -0.4 is 16.4 Å². The van der Waals surface area contributed by atoms with E-state index in [-0.39, 0.29) is 53.8 Å². The van der Waals surface area contributed by atoms with Crippen molar-refractivity contribution >= 4 is 29.3 Å². The molecule has 0 radical (unpaired) electrons.